The zero-order chi connectivity index (χ0) is 13.8. The number of hydrogen-bond acceptors (Lipinski definition) is 2. The van der Waals surface area contributed by atoms with Gasteiger partial charge in [-0.3, -0.25) is 4.90 Å². The molecule has 1 aliphatic heterocycles. The van der Waals surface area contributed by atoms with E-state index in [4.69, 9.17) is 0 Å². The maximum absolute atomic E-state index is 3.68. The number of nitrogens with one attached hydrogen (secondary N) is 1. The largest absolute Gasteiger partial charge is 0.309 e. The smallest absolute Gasteiger partial charge is 0.0292 e. The fourth-order valence-electron chi connectivity index (χ4n) is 2.81. The second-order valence-electron chi connectivity index (χ2n) is 6.07. The van der Waals surface area contributed by atoms with Crippen molar-refractivity contribution in [2.45, 2.75) is 52.6 Å². The fraction of sp³-hybridized carbons (Fsp3) is 0.647. The van der Waals surface area contributed by atoms with E-state index >= 15 is 0 Å². The second-order valence-corrected chi connectivity index (χ2v) is 6.07. The lowest BCUT2D eigenvalue weighted by molar-refractivity contribution is 0.247. The summed E-state index contributed by atoms with van der Waals surface area (Å²) in [4.78, 5) is 2.60. The van der Waals surface area contributed by atoms with Gasteiger partial charge in [-0.15, -0.1) is 0 Å². The lowest BCUT2D eigenvalue weighted by atomic mass is 10.0. The summed E-state index contributed by atoms with van der Waals surface area (Å²) >= 11 is 0. The monoisotopic (exact) mass is 260 g/mol. The van der Waals surface area contributed by atoms with Gasteiger partial charge in [-0.1, -0.05) is 18.2 Å². The van der Waals surface area contributed by atoms with Crippen LogP contribution >= 0.6 is 0 Å². The number of likely N-dealkylation sites (tertiary alicyclic amines) is 1. The van der Waals surface area contributed by atoms with E-state index in [1.807, 2.05) is 0 Å². The molecule has 2 nitrogen and oxygen atoms in total. The number of hydrogen-bond donors (Lipinski definition) is 1. The molecule has 0 spiro atoms. The van der Waals surface area contributed by atoms with Crippen LogP contribution in [0.4, 0.5) is 0 Å². The van der Waals surface area contributed by atoms with Gasteiger partial charge in [0, 0.05) is 18.6 Å². The Morgan fingerprint density at radius 3 is 2.42 bits per heavy atom. The first-order valence-corrected chi connectivity index (χ1v) is 7.62. The number of benzene rings is 1. The molecule has 1 aromatic carbocycles. The Morgan fingerprint density at radius 2 is 1.79 bits per heavy atom. The molecule has 0 saturated carbocycles. The van der Waals surface area contributed by atoms with Crippen LogP contribution in [0.2, 0.25) is 0 Å². The van der Waals surface area contributed by atoms with E-state index in [0.717, 1.165) is 6.54 Å². The van der Waals surface area contributed by atoms with Crippen LogP contribution in [-0.4, -0.2) is 30.6 Å². The van der Waals surface area contributed by atoms with Crippen molar-refractivity contribution in [1.29, 1.82) is 0 Å². The third-order valence-electron chi connectivity index (χ3n) is 4.51. The summed E-state index contributed by atoms with van der Waals surface area (Å²) in [6.45, 7) is 12.6. The van der Waals surface area contributed by atoms with Crippen molar-refractivity contribution in [1.82, 2.24) is 10.2 Å². The van der Waals surface area contributed by atoms with Crippen LogP contribution in [0.1, 0.15) is 49.4 Å². The van der Waals surface area contributed by atoms with Crippen molar-refractivity contribution >= 4 is 0 Å². The standard InChI is InChI=1S/C17H28N2/c1-13-7-8-17(11-14(13)2)16(4)18-12-15(3)19-9-5-6-10-19/h7-8,11,15-16,18H,5-6,9-10,12H2,1-4H3. The molecule has 19 heavy (non-hydrogen) atoms. The summed E-state index contributed by atoms with van der Waals surface area (Å²) in [5, 5.41) is 3.68. The highest BCUT2D eigenvalue weighted by Gasteiger charge is 2.18. The molecule has 0 amide bonds. The van der Waals surface area contributed by atoms with Gasteiger partial charge in [-0.05, 0) is 70.3 Å². The van der Waals surface area contributed by atoms with E-state index in [1.54, 1.807) is 0 Å². The third-order valence-corrected chi connectivity index (χ3v) is 4.51. The first-order chi connectivity index (χ1) is 9.08. The molecule has 1 aromatic rings. The maximum Gasteiger partial charge on any atom is 0.0292 e. The lowest BCUT2D eigenvalue weighted by Gasteiger charge is -2.26. The first kappa shape index (κ1) is 14.5. The van der Waals surface area contributed by atoms with Crippen molar-refractivity contribution in [2.75, 3.05) is 19.6 Å². The molecule has 2 rings (SSSR count). The average molecular weight is 260 g/mol. The summed E-state index contributed by atoms with van der Waals surface area (Å²) < 4.78 is 0. The summed E-state index contributed by atoms with van der Waals surface area (Å²) in [5.74, 6) is 0. The minimum atomic E-state index is 0.435. The molecule has 0 radical (unpaired) electrons. The van der Waals surface area contributed by atoms with Crippen molar-refractivity contribution in [2.24, 2.45) is 0 Å². The zero-order valence-corrected chi connectivity index (χ0v) is 12.9. The van der Waals surface area contributed by atoms with E-state index in [-0.39, 0.29) is 0 Å². The fourth-order valence-corrected chi connectivity index (χ4v) is 2.81. The second kappa shape index (κ2) is 6.53. The molecule has 1 saturated heterocycles. The highest BCUT2D eigenvalue weighted by molar-refractivity contribution is 5.31. The molecule has 2 atom stereocenters. The molecule has 0 aliphatic carbocycles. The molecule has 2 heteroatoms. The topological polar surface area (TPSA) is 15.3 Å². The molecule has 1 heterocycles. The quantitative estimate of drug-likeness (QED) is 0.872. The van der Waals surface area contributed by atoms with Crippen molar-refractivity contribution in [3.8, 4) is 0 Å². The van der Waals surface area contributed by atoms with Crippen LogP contribution in [0.3, 0.4) is 0 Å². The molecule has 1 fully saturated rings. The van der Waals surface area contributed by atoms with Gasteiger partial charge in [-0.25, -0.2) is 0 Å². The molecule has 0 aromatic heterocycles. The number of aryl methyl sites for hydroxylation is 2. The third kappa shape index (κ3) is 3.80. The Balaban J connectivity index is 1.86. The lowest BCUT2D eigenvalue weighted by Crippen LogP contribution is -2.39. The summed E-state index contributed by atoms with van der Waals surface area (Å²) in [7, 11) is 0. The summed E-state index contributed by atoms with van der Waals surface area (Å²) in [6.07, 6.45) is 2.74. The molecule has 1 N–H and O–H groups in total. The Morgan fingerprint density at radius 1 is 1.11 bits per heavy atom. The van der Waals surface area contributed by atoms with Crippen LogP contribution in [0.25, 0.3) is 0 Å². The highest BCUT2D eigenvalue weighted by atomic mass is 15.2. The van der Waals surface area contributed by atoms with Crippen molar-refractivity contribution in [3.05, 3.63) is 34.9 Å². The zero-order valence-electron chi connectivity index (χ0n) is 12.9. The van der Waals surface area contributed by atoms with E-state index < -0.39 is 0 Å². The first-order valence-electron chi connectivity index (χ1n) is 7.62. The van der Waals surface area contributed by atoms with Gasteiger partial charge < -0.3 is 5.32 Å². The Bertz CT molecular complexity index is 408. The Kier molecular flexibility index (Phi) is 5.00. The molecule has 106 valence electrons. The molecule has 0 bridgehead atoms. The predicted octanol–water partition coefficient (Wildman–Crippen LogP) is 3.44. The van der Waals surface area contributed by atoms with Crippen molar-refractivity contribution in [3.63, 3.8) is 0 Å². The van der Waals surface area contributed by atoms with E-state index in [2.05, 4.69) is 56.1 Å². The van der Waals surface area contributed by atoms with Gasteiger partial charge in [-0.2, -0.15) is 0 Å². The molecular formula is C17H28N2. The normalized spacial score (nSPS) is 19.6. The molecule has 2 unspecified atom stereocenters. The molecule has 1 aliphatic rings. The Hall–Kier alpha value is -0.860. The number of nitrogens with zero attached hydrogens (tertiary/aromatic N) is 1. The minimum Gasteiger partial charge on any atom is -0.309 e. The van der Waals surface area contributed by atoms with Gasteiger partial charge in [0.1, 0.15) is 0 Å². The van der Waals surface area contributed by atoms with Gasteiger partial charge in [0.05, 0.1) is 0 Å². The van der Waals surface area contributed by atoms with Crippen LogP contribution in [0.15, 0.2) is 18.2 Å². The highest BCUT2D eigenvalue weighted by Crippen LogP contribution is 2.17. The SMILES string of the molecule is Cc1ccc(C(C)NCC(C)N2CCCC2)cc1C. The van der Waals surface area contributed by atoms with Gasteiger partial charge in [0.25, 0.3) is 0 Å². The summed E-state index contributed by atoms with van der Waals surface area (Å²) in [6, 6.07) is 7.88. The summed E-state index contributed by atoms with van der Waals surface area (Å²) in [5.41, 5.74) is 4.16. The van der Waals surface area contributed by atoms with E-state index in [0.29, 0.717) is 12.1 Å². The Labute approximate surface area is 118 Å². The molecular weight excluding hydrogens is 232 g/mol. The number of rotatable bonds is 5. The minimum absolute atomic E-state index is 0.435. The average Bonchev–Trinajstić information content (AvgIpc) is 2.92. The maximum atomic E-state index is 3.68. The van der Waals surface area contributed by atoms with Crippen LogP contribution in [0.5, 0.6) is 0 Å². The van der Waals surface area contributed by atoms with Gasteiger partial charge >= 0.3 is 0 Å². The van der Waals surface area contributed by atoms with E-state index in [9.17, 15) is 0 Å². The van der Waals surface area contributed by atoms with Gasteiger partial charge in [0.2, 0.25) is 0 Å². The predicted molar refractivity (Wildman–Crippen MR) is 82.6 cm³/mol. The van der Waals surface area contributed by atoms with Crippen LogP contribution in [-0.2, 0) is 0 Å². The van der Waals surface area contributed by atoms with Crippen molar-refractivity contribution < 1.29 is 0 Å². The van der Waals surface area contributed by atoms with E-state index in [1.165, 1.54) is 42.6 Å². The van der Waals surface area contributed by atoms with Gasteiger partial charge in [0.15, 0.2) is 0 Å². The van der Waals surface area contributed by atoms with Crippen LogP contribution in [0, 0.1) is 13.8 Å². The van der Waals surface area contributed by atoms with Crippen LogP contribution < -0.4 is 5.32 Å².